The zero-order valence-electron chi connectivity index (χ0n) is 14.2. The number of aromatic nitrogens is 2. The number of aromatic amines is 1. The van der Waals surface area contributed by atoms with E-state index < -0.39 is 0 Å². The second-order valence-corrected chi connectivity index (χ2v) is 6.14. The van der Waals surface area contributed by atoms with Gasteiger partial charge in [0.05, 0.1) is 7.11 Å². The predicted octanol–water partition coefficient (Wildman–Crippen LogP) is 4.80. The van der Waals surface area contributed by atoms with Crippen molar-refractivity contribution < 1.29 is 4.74 Å². The van der Waals surface area contributed by atoms with Crippen LogP contribution in [0.25, 0.3) is 33.3 Å². The molecule has 4 heteroatoms. The molecule has 0 aliphatic rings. The molecule has 2 heterocycles. The third-order valence-corrected chi connectivity index (χ3v) is 4.49. The highest BCUT2D eigenvalue weighted by molar-refractivity contribution is 5.90. The van der Waals surface area contributed by atoms with Gasteiger partial charge >= 0.3 is 0 Å². The molecule has 4 rings (SSSR count). The van der Waals surface area contributed by atoms with Gasteiger partial charge in [-0.25, -0.2) is 0 Å². The van der Waals surface area contributed by atoms with Crippen LogP contribution >= 0.6 is 0 Å². The number of hydrogen-bond acceptors (Lipinski definition) is 3. The zero-order valence-corrected chi connectivity index (χ0v) is 14.2. The van der Waals surface area contributed by atoms with Gasteiger partial charge in [-0.2, -0.15) is 0 Å². The topological polar surface area (TPSA) is 63.9 Å². The van der Waals surface area contributed by atoms with E-state index >= 15 is 0 Å². The van der Waals surface area contributed by atoms with E-state index in [9.17, 15) is 0 Å². The number of anilines is 1. The number of aryl methyl sites for hydroxylation is 1. The highest BCUT2D eigenvalue weighted by atomic mass is 16.5. The number of nitrogen functional groups attached to an aromatic ring is 1. The first-order valence-electron chi connectivity index (χ1n) is 8.13. The fraction of sp³-hybridized carbons (Fsp3) is 0.0952. The summed E-state index contributed by atoms with van der Waals surface area (Å²) in [5.74, 6) is 0.776. The van der Waals surface area contributed by atoms with Crippen molar-refractivity contribution in [2.24, 2.45) is 0 Å². The van der Waals surface area contributed by atoms with Crippen molar-refractivity contribution in [3.05, 3.63) is 66.5 Å². The van der Waals surface area contributed by atoms with Gasteiger partial charge < -0.3 is 15.5 Å². The van der Waals surface area contributed by atoms with E-state index in [0.717, 1.165) is 39.0 Å². The number of benzene rings is 2. The Bertz CT molecular complexity index is 1070. The van der Waals surface area contributed by atoms with E-state index in [4.69, 9.17) is 10.5 Å². The summed E-state index contributed by atoms with van der Waals surface area (Å²) in [7, 11) is 1.66. The Balaban J connectivity index is 1.83. The maximum absolute atomic E-state index is 5.86. The van der Waals surface area contributed by atoms with E-state index in [-0.39, 0.29) is 0 Å². The van der Waals surface area contributed by atoms with Gasteiger partial charge in [0.25, 0.3) is 0 Å². The molecule has 0 spiro atoms. The average molecular weight is 329 g/mol. The molecule has 0 amide bonds. The Morgan fingerprint density at radius 1 is 1.00 bits per heavy atom. The lowest BCUT2D eigenvalue weighted by atomic mass is 10.0. The zero-order chi connectivity index (χ0) is 17.4. The fourth-order valence-corrected chi connectivity index (χ4v) is 3.14. The summed E-state index contributed by atoms with van der Waals surface area (Å²) in [4.78, 5) is 7.72. The average Bonchev–Trinajstić information content (AvgIpc) is 3.04. The number of ether oxygens (including phenoxy) is 1. The highest BCUT2D eigenvalue weighted by Gasteiger charge is 2.10. The summed E-state index contributed by atoms with van der Waals surface area (Å²) >= 11 is 0. The quantitative estimate of drug-likeness (QED) is 0.531. The van der Waals surface area contributed by atoms with Crippen LogP contribution in [-0.2, 0) is 0 Å². The van der Waals surface area contributed by atoms with Crippen LogP contribution in [0.5, 0.6) is 5.75 Å². The number of rotatable bonds is 3. The van der Waals surface area contributed by atoms with Crippen molar-refractivity contribution in [1.29, 1.82) is 0 Å². The number of hydrogen-bond donors (Lipinski definition) is 2. The standard InChI is InChI=1S/C21H19N3O/c1-13-7-8-23-12-18(13)20-10-15-9-14(3-6-19(15)24-20)17-5-4-16(22)11-21(17)25-2/h3-12,24H,22H2,1-2H3. The van der Waals surface area contributed by atoms with Gasteiger partial charge in [-0.15, -0.1) is 0 Å². The van der Waals surface area contributed by atoms with Crippen LogP contribution in [0.4, 0.5) is 5.69 Å². The number of nitrogens with zero attached hydrogens (tertiary/aromatic N) is 1. The molecule has 0 saturated heterocycles. The molecular formula is C21H19N3O. The van der Waals surface area contributed by atoms with Gasteiger partial charge in [-0.3, -0.25) is 4.98 Å². The third-order valence-electron chi connectivity index (χ3n) is 4.49. The molecule has 0 atom stereocenters. The molecule has 3 N–H and O–H groups in total. The number of pyridine rings is 1. The summed E-state index contributed by atoms with van der Waals surface area (Å²) in [5, 5.41) is 1.15. The summed E-state index contributed by atoms with van der Waals surface area (Å²) < 4.78 is 5.49. The van der Waals surface area contributed by atoms with E-state index in [2.05, 4.69) is 41.2 Å². The van der Waals surface area contributed by atoms with Gasteiger partial charge in [0, 0.05) is 51.9 Å². The molecule has 0 unspecified atom stereocenters. The number of nitrogens with two attached hydrogens (primary N) is 1. The van der Waals surface area contributed by atoms with E-state index in [1.165, 1.54) is 5.56 Å². The summed E-state index contributed by atoms with van der Waals surface area (Å²) in [6.45, 7) is 2.09. The van der Waals surface area contributed by atoms with Crippen LogP contribution in [0.3, 0.4) is 0 Å². The molecule has 124 valence electrons. The molecule has 0 aliphatic heterocycles. The summed E-state index contributed by atoms with van der Waals surface area (Å²) in [6, 6.07) is 16.3. The molecule has 0 fully saturated rings. The first-order valence-corrected chi connectivity index (χ1v) is 8.13. The van der Waals surface area contributed by atoms with Crippen molar-refractivity contribution in [3.8, 4) is 28.1 Å². The summed E-state index contributed by atoms with van der Waals surface area (Å²) in [6.07, 6.45) is 3.71. The lowest BCUT2D eigenvalue weighted by Crippen LogP contribution is -1.91. The first-order chi connectivity index (χ1) is 12.2. The summed E-state index contributed by atoms with van der Waals surface area (Å²) in [5.41, 5.74) is 13.2. The van der Waals surface area contributed by atoms with Crippen LogP contribution in [0.1, 0.15) is 5.56 Å². The van der Waals surface area contributed by atoms with Gasteiger partial charge in [0.2, 0.25) is 0 Å². The molecule has 4 aromatic rings. The van der Waals surface area contributed by atoms with Crippen molar-refractivity contribution in [2.45, 2.75) is 6.92 Å². The smallest absolute Gasteiger partial charge is 0.128 e. The van der Waals surface area contributed by atoms with Crippen LogP contribution in [0.2, 0.25) is 0 Å². The van der Waals surface area contributed by atoms with Crippen molar-refractivity contribution in [2.75, 3.05) is 12.8 Å². The Labute approximate surface area is 146 Å². The SMILES string of the molecule is COc1cc(N)ccc1-c1ccc2[nH]c(-c3cnccc3C)cc2c1. The lowest BCUT2D eigenvalue weighted by Gasteiger charge is -2.09. The monoisotopic (exact) mass is 329 g/mol. The second-order valence-electron chi connectivity index (χ2n) is 6.14. The molecule has 2 aromatic carbocycles. The van der Waals surface area contributed by atoms with Gasteiger partial charge in [0.15, 0.2) is 0 Å². The van der Waals surface area contributed by atoms with E-state index in [1.54, 1.807) is 7.11 Å². The molecular weight excluding hydrogens is 310 g/mol. The van der Waals surface area contributed by atoms with Crippen molar-refractivity contribution in [1.82, 2.24) is 9.97 Å². The van der Waals surface area contributed by atoms with Crippen LogP contribution < -0.4 is 10.5 Å². The fourth-order valence-electron chi connectivity index (χ4n) is 3.14. The van der Waals surface area contributed by atoms with E-state index in [1.807, 2.05) is 36.7 Å². The molecule has 0 saturated carbocycles. The molecule has 0 bridgehead atoms. The Hall–Kier alpha value is -3.27. The van der Waals surface area contributed by atoms with E-state index in [0.29, 0.717) is 5.69 Å². The first kappa shape index (κ1) is 15.3. The molecule has 2 aromatic heterocycles. The minimum Gasteiger partial charge on any atom is -0.496 e. The number of methoxy groups -OCH3 is 1. The minimum absolute atomic E-state index is 0.692. The van der Waals surface area contributed by atoms with Gasteiger partial charge in [0.1, 0.15) is 5.75 Å². The lowest BCUT2D eigenvalue weighted by molar-refractivity contribution is 0.416. The van der Waals surface area contributed by atoms with Gasteiger partial charge in [-0.1, -0.05) is 6.07 Å². The van der Waals surface area contributed by atoms with Crippen LogP contribution in [-0.4, -0.2) is 17.1 Å². The predicted molar refractivity (Wildman–Crippen MR) is 103 cm³/mol. The molecule has 0 aliphatic carbocycles. The largest absolute Gasteiger partial charge is 0.496 e. The van der Waals surface area contributed by atoms with Crippen LogP contribution in [0.15, 0.2) is 60.9 Å². The Kier molecular flexibility index (Phi) is 3.65. The maximum atomic E-state index is 5.86. The Morgan fingerprint density at radius 2 is 1.88 bits per heavy atom. The highest BCUT2D eigenvalue weighted by Crippen LogP contribution is 2.34. The second kappa shape index (κ2) is 5.98. The molecule has 25 heavy (non-hydrogen) atoms. The number of fused-ring (bicyclic) bond motifs is 1. The molecule has 4 nitrogen and oxygen atoms in total. The maximum Gasteiger partial charge on any atom is 0.128 e. The Morgan fingerprint density at radius 3 is 2.68 bits per heavy atom. The molecule has 0 radical (unpaired) electrons. The van der Waals surface area contributed by atoms with Gasteiger partial charge in [-0.05, 0) is 54.4 Å². The minimum atomic E-state index is 0.692. The van der Waals surface area contributed by atoms with Crippen LogP contribution in [0, 0.1) is 6.92 Å². The van der Waals surface area contributed by atoms with Crippen molar-refractivity contribution in [3.63, 3.8) is 0 Å². The third kappa shape index (κ3) is 2.72. The normalized spacial score (nSPS) is 11.0. The number of H-pyrrole nitrogens is 1. The van der Waals surface area contributed by atoms with Crippen molar-refractivity contribution >= 4 is 16.6 Å². The number of nitrogens with one attached hydrogen (secondary N) is 1.